The molecule has 1 amide bonds. The van der Waals surface area contributed by atoms with E-state index in [0.29, 0.717) is 12.3 Å². The van der Waals surface area contributed by atoms with Crippen molar-refractivity contribution in [1.29, 1.82) is 0 Å². The Bertz CT molecular complexity index is 916. The highest BCUT2D eigenvalue weighted by Gasteiger charge is 2.22. The summed E-state index contributed by atoms with van der Waals surface area (Å²) in [5.74, 6) is 0.386. The van der Waals surface area contributed by atoms with Crippen molar-refractivity contribution < 1.29 is 9.21 Å². The second kappa shape index (κ2) is 6.92. The van der Waals surface area contributed by atoms with Gasteiger partial charge in [0.25, 0.3) is 5.91 Å². The van der Waals surface area contributed by atoms with Crippen molar-refractivity contribution in [3.8, 4) is 0 Å². The highest BCUT2D eigenvalue weighted by Crippen LogP contribution is 2.16. The van der Waals surface area contributed by atoms with Crippen molar-refractivity contribution >= 4 is 11.6 Å². The summed E-state index contributed by atoms with van der Waals surface area (Å²) in [6.45, 7) is 8.07. The molecule has 1 aliphatic heterocycles. The Morgan fingerprint density at radius 2 is 2.12 bits per heavy atom. The number of furan rings is 1. The number of carbonyl (C=O) groups excluding carboxylic acids is 1. The lowest BCUT2D eigenvalue weighted by Gasteiger charge is -2.21. The van der Waals surface area contributed by atoms with E-state index in [0.717, 1.165) is 55.2 Å². The third-order valence-corrected chi connectivity index (χ3v) is 4.85. The normalized spacial score (nSPS) is 16.2. The van der Waals surface area contributed by atoms with E-state index in [1.165, 1.54) is 0 Å². The van der Waals surface area contributed by atoms with Crippen molar-refractivity contribution in [2.24, 2.45) is 0 Å². The summed E-state index contributed by atoms with van der Waals surface area (Å²) in [5.41, 5.74) is 4.14. The van der Waals surface area contributed by atoms with Crippen LogP contribution in [0.3, 0.4) is 0 Å². The van der Waals surface area contributed by atoms with Gasteiger partial charge in [0.05, 0.1) is 12.5 Å². The molecule has 0 N–H and O–H groups in total. The van der Waals surface area contributed by atoms with Gasteiger partial charge in [0, 0.05) is 49.7 Å². The molecule has 1 saturated heterocycles. The number of rotatable bonds is 3. The number of nitrogens with zero attached hydrogens (tertiary/aromatic N) is 5. The lowest BCUT2D eigenvalue weighted by atomic mass is 10.2. The van der Waals surface area contributed by atoms with E-state index < -0.39 is 0 Å². The fourth-order valence-electron chi connectivity index (χ4n) is 3.56. The molecule has 4 heterocycles. The Morgan fingerprint density at radius 1 is 1.23 bits per heavy atom. The number of carbonyl (C=O) groups is 1. The van der Waals surface area contributed by atoms with Gasteiger partial charge in [-0.05, 0) is 38.5 Å². The van der Waals surface area contributed by atoms with E-state index in [1.54, 1.807) is 18.4 Å². The summed E-state index contributed by atoms with van der Waals surface area (Å²) in [6.07, 6.45) is 4.39. The number of fused-ring (bicyclic) bond motifs is 1. The molecule has 0 saturated carbocycles. The van der Waals surface area contributed by atoms with Gasteiger partial charge in [-0.15, -0.1) is 0 Å². The van der Waals surface area contributed by atoms with Gasteiger partial charge in [0.15, 0.2) is 11.4 Å². The number of aromatic nitrogens is 3. The lowest BCUT2D eigenvalue weighted by Crippen LogP contribution is -2.34. The molecule has 0 bridgehead atoms. The molecule has 26 heavy (non-hydrogen) atoms. The Kier molecular flexibility index (Phi) is 4.46. The number of hydrogen-bond donors (Lipinski definition) is 0. The minimum atomic E-state index is -0.0271. The predicted molar refractivity (Wildman–Crippen MR) is 97.0 cm³/mol. The topological polar surface area (TPSA) is 66.9 Å². The molecule has 0 unspecified atom stereocenters. The molecule has 3 aromatic heterocycles. The van der Waals surface area contributed by atoms with Crippen LogP contribution in [0.1, 0.15) is 33.9 Å². The van der Waals surface area contributed by atoms with Gasteiger partial charge in [-0.3, -0.25) is 9.69 Å². The van der Waals surface area contributed by atoms with Crippen molar-refractivity contribution in [2.75, 3.05) is 26.2 Å². The third kappa shape index (κ3) is 3.22. The van der Waals surface area contributed by atoms with Crippen LogP contribution in [0.4, 0.5) is 0 Å². The molecule has 1 aliphatic rings. The molecular formula is C19H23N5O2. The number of aryl methyl sites for hydroxylation is 2. The van der Waals surface area contributed by atoms with Crippen LogP contribution in [0.25, 0.3) is 5.65 Å². The minimum Gasteiger partial charge on any atom is -0.459 e. The van der Waals surface area contributed by atoms with Crippen LogP contribution < -0.4 is 0 Å². The maximum absolute atomic E-state index is 12.5. The van der Waals surface area contributed by atoms with Gasteiger partial charge >= 0.3 is 0 Å². The van der Waals surface area contributed by atoms with Crippen LogP contribution in [-0.4, -0.2) is 56.5 Å². The summed E-state index contributed by atoms with van der Waals surface area (Å²) < 4.78 is 7.14. The maximum atomic E-state index is 12.5. The Balaban J connectivity index is 1.46. The van der Waals surface area contributed by atoms with Crippen molar-refractivity contribution in [3.63, 3.8) is 0 Å². The molecule has 3 aromatic rings. The van der Waals surface area contributed by atoms with E-state index in [2.05, 4.69) is 15.0 Å². The monoisotopic (exact) mass is 353 g/mol. The van der Waals surface area contributed by atoms with E-state index in [-0.39, 0.29) is 5.91 Å². The van der Waals surface area contributed by atoms with Crippen molar-refractivity contribution in [3.05, 3.63) is 53.4 Å². The quantitative estimate of drug-likeness (QED) is 0.723. The van der Waals surface area contributed by atoms with Gasteiger partial charge in [-0.25, -0.2) is 9.50 Å². The average Bonchev–Trinajstić information content (AvgIpc) is 3.22. The first-order chi connectivity index (χ1) is 12.6. The zero-order chi connectivity index (χ0) is 18.1. The molecule has 0 aliphatic carbocycles. The first-order valence-electron chi connectivity index (χ1n) is 8.98. The predicted octanol–water partition coefficient (Wildman–Crippen LogP) is 2.29. The summed E-state index contributed by atoms with van der Waals surface area (Å²) in [6, 6.07) is 5.51. The highest BCUT2D eigenvalue weighted by molar-refractivity contribution is 5.91. The van der Waals surface area contributed by atoms with E-state index >= 15 is 0 Å². The molecule has 0 atom stereocenters. The van der Waals surface area contributed by atoms with Gasteiger partial charge in [-0.1, -0.05) is 0 Å². The molecule has 0 radical (unpaired) electrons. The zero-order valence-corrected chi connectivity index (χ0v) is 15.2. The van der Waals surface area contributed by atoms with E-state index in [4.69, 9.17) is 4.42 Å². The largest absolute Gasteiger partial charge is 0.459 e. The summed E-state index contributed by atoms with van der Waals surface area (Å²) in [7, 11) is 0. The Labute approximate surface area is 152 Å². The molecule has 7 nitrogen and oxygen atoms in total. The summed E-state index contributed by atoms with van der Waals surface area (Å²) in [4.78, 5) is 21.4. The molecule has 136 valence electrons. The van der Waals surface area contributed by atoms with Crippen LogP contribution >= 0.6 is 0 Å². The third-order valence-electron chi connectivity index (χ3n) is 4.85. The molecule has 0 aromatic carbocycles. The summed E-state index contributed by atoms with van der Waals surface area (Å²) >= 11 is 0. The van der Waals surface area contributed by atoms with E-state index in [1.807, 2.05) is 35.5 Å². The first kappa shape index (κ1) is 16.8. The Morgan fingerprint density at radius 3 is 2.92 bits per heavy atom. The fraction of sp³-hybridized carbons (Fsp3) is 0.421. The lowest BCUT2D eigenvalue weighted by molar-refractivity contribution is 0.0729. The SMILES string of the molecule is Cc1cc(C)n2ncc(CN3CCCN(C(=O)c4ccco4)CC3)c2n1. The van der Waals surface area contributed by atoms with Crippen LogP contribution in [0.2, 0.25) is 0 Å². The minimum absolute atomic E-state index is 0.0271. The number of hydrogen-bond acceptors (Lipinski definition) is 5. The van der Waals surface area contributed by atoms with Gasteiger partial charge in [0.2, 0.25) is 0 Å². The molecule has 7 heteroatoms. The highest BCUT2D eigenvalue weighted by atomic mass is 16.3. The van der Waals surface area contributed by atoms with E-state index in [9.17, 15) is 4.79 Å². The van der Waals surface area contributed by atoms with Crippen molar-refractivity contribution in [1.82, 2.24) is 24.4 Å². The number of amides is 1. The maximum Gasteiger partial charge on any atom is 0.289 e. The zero-order valence-electron chi connectivity index (χ0n) is 15.2. The van der Waals surface area contributed by atoms with Crippen LogP contribution in [0, 0.1) is 13.8 Å². The second-order valence-electron chi connectivity index (χ2n) is 6.84. The first-order valence-corrected chi connectivity index (χ1v) is 8.98. The van der Waals surface area contributed by atoms with Crippen LogP contribution in [0.15, 0.2) is 35.1 Å². The Hall–Kier alpha value is -2.67. The summed E-state index contributed by atoms with van der Waals surface area (Å²) in [5, 5.41) is 4.48. The second-order valence-corrected chi connectivity index (χ2v) is 6.84. The standard InChI is InChI=1S/C19H23N5O2/c1-14-11-15(2)24-18(21-14)16(12-20-24)13-22-6-4-7-23(9-8-22)19(25)17-5-3-10-26-17/h3,5,10-12H,4,6-9,13H2,1-2H3. The van der Waals surface area contributed by atoms with Crippen LogP contribution in [0.5, 0.6) is 0 Å². The van der Waals surface area contributed by atoms with Gasteiger partial charge < -0.3 is 9.32 Å². The average molecular weight is 353 g/mol. The molecule has 4 rings (SSSR count). The fourth-order valence-corrected chi connectivity index (χ4v) is 3.56. The van der Waals surface area contributed by atoms with Crippen molar-refractivity contribution in [2.45, 2.75) is 26.8 Å². The smallest absolute Gasteiger partial charge is 0.289 e. The molecule has 1 fully saturated rings. The van der Waals surface area contributed by atoms with Crippen LogP contribution in [-0.2, 0) is 6.54 Å². The molecule has 0 spiro atoms. The van der Waals surface area contributed by atoms with Gasteiger partial charge in [-0.2, -0.15) is 5.10 Å². The van der Waals surface area contributed by atoms with Gasteiger partial charge in [0.1, 0.15) is 0 Å². The molecular weight excluding hydrogens is 330 g/mol.